The number of nitriles is 1. The summed E-state index contributed by atoms with van der Waals surface area (Å²) in [5.74, 6) is 0. The van der Waals surface area contributed by atoms with Gasteiger partial charge < -0.3 is 9.13 Å². The Hall–Kier alpha value is -6.37. The van der Waals surface area contributed by atoms with Crippen molar-refractivity contribution >= 4 is 43.6 Å². The van der Waals surface area contributed by atoms with Crippen LogP contribution in [0.4, 0.5) is 0 Å². The Morgan fingerprint density at radius 3 is 1.39 bits per heavy atom. The molecular formula is C43H27N3. The minimum absolute atomic E-state index is 0.650. The zero-order valence-electron chi connectivity index (χ0n) is 24.9. The molecule has 46 heavy (non-hydrogen) atoms. The van der Waals surface area contributed by atoms with E-state index in [-0.39, 0.29) is 0 Å². The summed E-state index contributed by atoms with van der Waals surface area (Å²) >= 11 is 0. The normalized spacial score (nSPS) is 11.5. The average Bonchev–Trinajstić information content (AvgIpc) is 3.65. The van der Waals surface area contributed by atoms with E-state index in [1.54, 1.807) is 0 Å². The Kier molecular flexibility index (Phi) is 5.88. The van der Waals surface area contributed by atoms with Crippen molar-refractivity contribution in [3.05, 3.63) is 169 Å². The third-order valence-corrected chi connectivity index (χ3v) is 9.19. The van der Waals surface area contributed by atoms with Crippen molar-refractivity contribution in [3.8, 4) is 39.7 Å². The summed E-state index contributed by atoms with van der Waals surface area (Å²) in [4.78, 5) is 0. The van der Waals surface area contributed by atoms with Gasteiger partial charge in [-0.25, -0.2) is 0 Å². The van der Waals surface area contributed by atoms with E-state index in [4.69, 9.17) is 0 Å². The molecule has 3 nitrogen and oxygen atoms in total. The summed E-state index contributed by atoms with van der Waals surface area (Å²) < 4.78 is 4.65. The summed E-state index contributed by atoms with van der Waals surface area (Å²) in [7, 11) is 0. The molecule has 0 aliphatic carbocycles. The summed E-state index contributed by atoms with van der Waals surface area (Å²) in [6.45, 7) is 0. The molecule has 2 heterocycles. The van der Waals surface area contributed by atoms with Crippen LogP contribution in [0.15, 0.2) is 164 Å². The Labute approximate surface area is 266 Å². The van der Waals surface area contributed by atoms with Crippen LogP contribution in [0, 0.1) is 11.3 Å². The topological polar surface area (TPSA) is 33.6 Å². The second-order valence-electron chi connectivity index (χ2n) is 11.7. The summed E-state index contributed by atoms with van der Waals surface area (Å²) in [6.07, 6.45) is 0. The van der Waals surface area contributed by atoms with Gasteiger partial charge in [-0.2, -0.15) is 5.26 Å². The van der Waals surface area contributed by atoms with Crippen LogP contribution in [0.3, 0.4) is 0 Å². The van der Waals surface area contributed by atoms with Crippen molar-refractivity contribution in [2.45, 2.75) is 0 Å². The van der Waals surface area contributed by atoms with Crippen LogP contribution < -0.4 is 0 Å². The lowest BCUT2D eigenvalue weighted by molar-refractivity contribution is 1.18. The molecule has 0 radical (unpaired) electrons. The number of hydrogen-bond acceptors (Lipinski definition) is 1. The van der Waals surface area contributed by atoms with Gasteiger partial charge >= 0.3 is 0 Å². The van der Waals surface area contributed by atoms with Gasteiger partial charge in [-0.1, -0.05) is 115 Å². The van der Waals surface area contributed by atoms with E-state index in [0.29, 0.717) is 5.56 Å². The number of hydrogen-bond donors (Lipinski definition) is 0. The maximum Gasteiger partial charge on any atom is 0.0998 e. The van der Waals surface area contributed by atoms with Gasteiger partial charge in [0.25, 0.3) is 0 Å². The third kappa shape index (κ3) is 3.91. The second-order valence-corrected chi connectivity index (χ2v) is 11.7. The van der Waals surface area contributed by atoms with Crippen LogP contribution in [0.25, 0.3) is 77.2 Å². The Morgan fingerprint density at radius 1 is 0.391 bits per heavy atom. The Balaban J connectivity index is 1.14. The van der Waals surface area contributed by atoms with Crippen molar-refractivity contribution < 1.29 is 0 Å². The first-order chi connectivity index (χ1) is 22.8. The molecule has 7 aromatic carbocycles. The molecule has 0 atom stereocenters. The van der Waals surface area contributed by atoms with E-state index in [9.17, 15) is 5.26 Å². The van der Waals surface area contributed by atoms with Crippen molar-refractivity contribution in [1.82, 2.24) is 9.13 Å². The van der Waals surface area contributed by atoms with Crippen molar-refractivity contribution in [2.24, 2.45) is 0 Å². The van der Waals surface area contributed by atoms with E-state index >= 15 is 0 Å². The van der Waals surface area contributed by atoms with Crippen molar-refractivity contribution in [1.29, 1.82) is 5.26 Å². The Morgan fingerprint density at radius 2 is 0.848 bits per heavy atom. The van der Waals surface area contributed by atoms with Crippen LogP contribution in [0.2, 0.25) is 0 Å². The number of benzene rings is 7. The number of rotatable bonds is 4. The highest BCUT2D eigenvalue weighted by Crippen LogP contribution is 2.38. The van der Waals surface area contributed by atoms with E-state index < -0.39 is 0 Å². The highest BCUT2D eigenvalue weighted by Gasteiger charge is 2.17. The van der Waals surface area contributed by atoms with Crippen LogP contribution in [-0.2, 0) is 0 Å². The van der Waals surface area contributed by atoms with Crippen LogP contribution >= 0.6 is 0 Å². The van der Waals surface area contributed by atoms with Crippen LogP contribution in [-0.4, -0.2) is 9.13 Å². The highest BCUT2D eigenvalue weighted by molar-refractivity contribution is 6.10. The zero-order chi connectivity index (χ0) is 30.6. The van der Waals surface area contributed by atoms with Gasteiger partial charge in [-0.15, -0.1) is 0 Å². The Bertz CT molecular complexity index is 2540. The predicted octanol–water partition coefficient (Wildman–Crippen LogP) is 11.1. The molecule has 0 unspecified atom stereocenters. The number of nitrogens with zero attached hydrogens (tertiary/aromatic N) is 3. The standard InChI is InChI=1S/C43H27N3/c44-28-31-27-30(29-21-24-32(25-22-29)45-39-16-6-2-12-35(39)36-13-3-7-17-40(36)45)23-26-33(31)34-11-1-8-18-41(34)46-42-19-9-4-14-37(42)38-15-5-10-20-43(38)46/h1-27H. The van der Waals surface area contributed by atoms with Crippen molar-refractivity contribution in [3.63, 3.8) is 0 Å². The molecule has 0 saturated carbocycles. The van der Waals surface area contributed by atoms with Gasteiger partial charge in [0.2, 0.25) is 0 Å². The smallest absolute Gasteiger partial charge is 0.0998 e. The SMILES string of the molecule is N#Cc1cc(-c2ccc(-n3c4ccccc4c4ccccc43)cc2)ccc1-c1ccccc1-n1c2ccccc2c2ccccc21. The molecule has 3 heteroatoms. The van der Waals surface area contributed by atoms with Gasteiger partial charge in [-0.3, -0.25) is 0 Å². The number of para-hydroxylation sites is 5. The second kappa shape index (κ2) is 10.4. The van der Waals surface area contributed by atoms with Gasteiger partial charge in [0, 0.05) is 38.4 Å². The van der Waals surface area contributed by atoms with E-state index in [2.05, 4.69) is 173 Å². The molecule has 0 aliphatic heterocycles. The molecule has 9 rings (SSSR count). The summed E-state index contributed by atoms with van der Waals surface area (Å²) in [5, 5.41) is 15.4. The summed E-state index contributed by atoms with van der Waals surface area (Å²) in [6, 6.07) is 60.0. The molecule has 9 aromatic rings. The molecule has 0 N–H and O–H groups in total. The summed E-state index contributed by atoms with van der Waals surface area (Å²) in [5.41, 5.74) is 11.5. The fraction of sp³-hybridized carbons (Fsp3) is 0. The van der Waals surface area contributed by atoms with Gasteiger partial charge in [-0.05, 0) is 59.7 Å². The van der Waals surface area contributed by atoms with Gasteiger partial charge in [0.1, 0.15) is 0 Å². The van der Waals surface area contributed by atoms with E-state index in [1.165, 1.54) is 32.6 Å². The van der Waals surface area contributed by atoms with Gasteiger partial charge in [0.15, 0.2) is 0 Å². The first kappa shape index (κ1) is 26.1. The quantitative estimate of drug-likeness (QED) is 0.202. The molecule has 214 valence electrons. The molecule has 0 amide bonds. The number of aromatic nitrogens is 2. The minimum atomic E-state index is 0.650. The van der Waals surface area contributed by atoms with Gasteiger partial charge in [0.05, 0.1) is 39.4 Å². The number of fused-ring (bicyclic) bond motifs is 6. The molecule has 0 spiro atoms. The fourth-order valence-electron chi connectivity index (χ4n) is 7.13. The monoisotopic (exact) mass is 585 g/mol. The zero-order valence-corrected chi connectivity index (χ0v) is 24.9. The minimum Gasteiger partial charge on any atom is -0.309 e. The molecule has 0 fully saturated rings. The average molecular weight is 586 g/mol. The fourth-order valence-corrected chi connectivity index (χ4v) is 7.13. The lowest BCUT2D eigenvalue weighted by Gasteiger charge is -2.16. The van der Waals surface area contributed by atoms with Crippen molar-refractivity contribution in [2.75, 3.05) is 0 Å². The first-order valence-corrected chi connectivity index (χ1v) is 15.5. The van der Waals surface area contributed by atoms with E-state index in [1.807, 2.05) is 6.07 Å². The first-order valence-electron chi connectivity index (χ1n) is 15.5. The maximum absolute atomic E-state index is 10.4. The molecule has 2 aromatic heterocycles. The lowest BCUT2D eigenvalue weighted by Crippen LogP contribution is -1.98. The molecule has 0 saturated heterocycles. The third-order valence-electron chi connectivity index (χ3n) is 9.19. The molecule has 0 aliphatic rings. The van der Waals surface area contributed by atoms with Crippen LogP contribution in [0.1, 0.15) is 5.56 Å². The maximum atomic E-state index is 10.4. The molecule has 0 bridgehead atoms. The predicted molar refractivity (Wildman–Crippen MR) is 191 cm³/mol. The molecular weight excluding hydrogens is 558 g/mol. The lowest BCUT2D eigenvalue weighted by atomic mass is 9.94. The van der Waals surface area contributed by atoms with E-state index in [0.717, 1.165) is 44.7 Å². The van der Waals surface area contributed by atoms with Crippen LogP contribution in [0.5, 0.6) is 0 Å². The largest absolute Gasteiger partial charge is 0.309 e. The highest BCUT2D eigenvalue weighted by atomic mass is 15.0.